The van der Waals surface area contributed by atoms with Gasteiger partial charge in [0.05, 0.1) is 12.3 Å². The lowest BCUT2D eigenvalue weighted by atomic mass is 10.3. The summed E-state index contributed by atoms with van der Waals surface area (Å²) in [5.74, 6) is -0.378. The molecule has 6 heteroatoms. The third kappa shape index (κ3) is 3.33. The first-order valence-corrected chi connectivity index (χ1v) is 7.39. The molecule has 1 heterocycles. The normalized spacial score (nSPS) is 10.3. The first-order valence-electron chi connectivity index (χ1n) is 5.78. The zero-order valence-electron chi connectivity index (χ0n) is 10.6. The van der Waals surface area contributed by atoms with Crippen molar-refractivity contribution in [1.82, 2.24) is 4.98 Å². The number of nitrogens with zero attached hydrogens (tertiary/aromatic N) is 1. The van der Waals surface area contributed by atoms with Crippen molar-refractivity contribution in [2.45, 2.75) is 13.8 Å². The molecule has 0 radical (unpaired) electrons. The van der Waals surface area contributed by atoms with Gasteiger partial charge in [0.25, 0.3) is 0 Å². The summed E-state index contributed by atoms with van der Waals surface area (Å²) >= 11 is 4.88. The van der Waals surface area contributed by atoms with E-state index in [1.165, 1.54) is 11.3 Å². The fraction of sp³-hybridized carbons (Fsp3) is 0.231. The molecule has 0 bridgehead atoms. The zero-order chi connectivity index (χ0) is 13.8. The van der Waals surface area contributed by atoms with Gasteiger partial charge >= 0.3 is 5.97 Å². The number of ether oxygens (including phenoxy) is 1. The molecule has 4 nitrogen and oxygen atoms in total. The van der Waals surface area contributed by atoms with Crippen LogP contribution in [0.25, 0.3) is 0 Å². The molecular formula is C13H13BrN2O2S. The number of hydrogen-bond donors (Lipinski definition) is 1. The average Bonchev–Trinajstić information content (AvgIpc) is 2.74. The van der Waals surface area contributed by atoms with E-state index in [1.807, 2.05) is 31.2 Å². The third-order valence-corrected chi connectivity index (χ3v) is 3.96. The van der Waals surface area contributed by atoms with Crippen LogP contribution in [0, 0.1) is 6.92 Å². The van der Waals surface area contributed by atoms with Gasteiger partial charge in [0.1, 0.15) is 0 Å². The van der Waals surface area contributed by atoms with Gasteiger partial charge in [-0.05, 0) is 41.9 Å². The maximum atomic E-state index is 11.7. The minimum atomic E-state index is -0.378. The molecule has 1 aromatic carbocycles. The molecule has 0 fully saturated rings. The van der Waals surface area contributed by atoms with Crippen LogP contribution in [0.4, 0.5) is 10.8 Å². The molecule has 0 amide bonds. The Hall–Kier alpha value is -1.40. The van der Waals surface area contributed by atoms with E-state index < -0.39 is 0 Å². The lowest BCUT2D eigenvalue weighted by Crippen LogP contribution is -2.06. The van der Waals surface area contributed by atoms with E-state index in [0.29, 0.717) is 17.4 Å². The summed E-state index contributed by atoms with van der Waals surface area (Å²) in [6.07, 6.45) is 0. The van der Waals surface area contributed by atoms with E-state index in [9.17, 15) is 4.79 Å². The summed E-state index contributed by atoms with van der Waals surface area (Å²) in [6.45, 7) is 3.98. The Morgan fingerprint density at radius 1 is 1.47 bits per heavy atom. The summed E-state index contributed by atoms with van der Waals surface area (Å²) in [7, 11) is 0. The minimum absolute atomic E-state index is 0.350. The zero-order valence-corrected chi connectivity index (χ0v) is 13.0. The third-order valence-electron chi connectivity index (χ3n) is 2.38. The second-order valence-electron chi connectivity index (χ2n) is 3.75. The number of thiazole rings is 1. The largest absolute Gasteiger partial charge is 0.461 e. The first-order chi connectivity index (χ1) is 9.11. The minimum Gasteiger partial charge on any atom is -0.461 e. The Kier molecular flexibility index (Phi) is 4.55. The summed E-state index contributed by atoms with van der Waals surface area (Å²) in [5.41, 5.74) is 1.29. The van der Waals surface area contributed by atoms with Crippen molar-refractivity contribution < 1.29 is 9.53 Å². The molecular weight excluding hydrogens is 328 g/mol. The lowest BCUT2D eigenvalue weighted by Gasteiger charge is -2.04. The predicted molar refractivity (Wildman–Crippen MR) is 80.2 cm³/mol. The van der Waals surface area contributed by atoms with Crippen LogP contribution < -0.4 is 5.32 Å². The van der Waals surface area contributed by atoms with Crippen LogP contribution in [-0.2, 0) is 4.74 Å². The molecule has 1 N–H and O–H groups in total. The number of halogens is 1. The highest BCUT2D eigenvalue weighted by atomic mass is 79.9. The highest BCUT2D eigenvalue weighted by molar-refractivity contribution is 9.10. The van der Waals surface area contributed by atoms with Gasteiger partial charge in [-0.2, -0.15) is 0 Å². The number of aryl methyl sites for hydroxylation is 1. The van der Waals surface area contributed by atoms with Crippen molar-refractivity contribution in [3.05, 3.63) is 39.3 Å². The second kappa shape index (κ2) is 6.16. The number of carbonyl (C=O) groups excluding carboxylic acids is 1. The molecule has 0 unspecified atom stereocenters. The van der Waals surface area contributed by atoms with Gasteiger partial charge in [-0.25, -0.2) is 9.78 Å². The molecule has 1 aromatic heterocycles. The van der Waals surface area contributed by atoms with Crippen molar-refractivity contribution >= 4 is 44.1 Å². The van der Waals surface area contributed by atoms with Crippen LogP contribution in [0.15, 0.2) is 28.7 Å². The summed E-state index contributed by atoms with van der Waals surface area (Å²) in [5, 5.41) is 3.86. The molecule has 2 aromatic rings. The Labute approximate surface area is 124 Å². The SMILES string of the molecule is CCOC(=O)c1nc(Nc2ccccc2Br)sc1C. The molecule has 0 aliphatic heterocycles. The maximum absolute atomic E-state index is 11.7. The average molecular weight is 341 g/mol. The van der Waals surface area contributed by atoms with Crippen LogP contribution in [0.2, 0.25) is 0 Å². The predicted octanol–water partition coefficient (Wildman–Crippen LogP) is 4.13. The molecule has 0 saturated carbocycles. The highest BCUT2D eigenvalue weighted by Gasteiger charge is 2.16. The Bertz CT molecular complexity index is 598. The van der Waals surface area contributed by atoms with Crippen LogP contribution in [-0.4, -0.2) is 17.6 Å². The van der Waals surface area contributed by atoms with Crippen LogP contribution in [0.3, 0.4) is 0 Å². The topological polar surface area (TPSA) is 51.2 Å². The van der Waals surface area contributed by atoms with Gasteiger partial charge in [-0.3, -0.25) is 0 Å². The van der Waals surface area contributed by atoms with E-state index in [0.717, 1.165) is 15.0 Å². The van der Waals surface area contributed by atoms with Crippen LogP contribution in [0.1, 0.15) is 22.3 Å². The molecule has 0 aliphatic rings. The lowest BCUT2D eigenvalue weighted by molar-refractivity contribution is 0.0519. The van der Waals surface area contributed by atoms with Crippen molar-refractivity contribution in [3.63, 3.8) is 0 Å². The summed E-state index contributed by atoms with van der Waals surface area (Å²) < 4.78 is 5.91. The Morgan fingerprint density at radius 3 is 2.89 bits per heavy atom. The van der Waals surface area contributed by atoms with E-state index in [4.69, 9.17) is 4.74 Å². The number of aromatic nitrogens is 1. The number of hydrogen-bond acceptors (Lipinski definition) is 5. The van der Waals surface area contributed by atoms with Gasteiger partial charge in [-0.15, -0.1) is 11.3 Å². The van der Waals surface area contributed by atoms with Gasteiger partial charge in [0, 0.05) is 9.35 Å². The molecule has 100 valence electrons. The molecule has 0 aliphatic carbocycles. The fourth-order valence-corrected chi connectivity index (χ4v) is 2.71. The van der Waals surface area contributed by atoms with Crippen molar-refractivity contribution in [2.75, 3.05) is 11.9 Å². The summed E-state index contributed by atoms with van der Waals surface area (Å²) in [6, 6.07) is 7.74. The Morgan fingerprint density at radius 2 is 2.21 bits per heavy atom. The maximum Gasteiger partial charge on any atom is 0.358 e. The van der Waals surface area contributed by atoms with Crippen molar-refractivity contribution in [2.24, 2.45) is 0 Å². The molecule has 19 heavy (non-hydrogen) atoms. The van der Waals surface area contributed by atoms with Crippen molar-refractivity contribution in [1.29, 1.82) is 0 Å². The number of benzene rings is 1. The van der Waals surface area contributed by atoms with E-state index in [-0.39, 0.29) is 5.97 Å². The van der Waals surface area contributed by atoms with Gasteiger partial charge < -0.3 is 10.1 Å². The molecule has 2 rings (SSSR count). The van der Waals surface area contributed by atoms with Crippen LogP contribution in [0.5, 0.6) is 0 Å². The van der Waals surface area contributed by atoms with E-state index >= 15 is 0 Å². The number of anilines is 2. The smallest absolute Gasteiger partial charge is 0.358 e. The number of esters is 1. The summed E-state index contributed by atoms with van der Waals surface area (Å²) in [4.78, 5) is 16.8. The van der Waals surface area contributed by atoms with Gasteiger partial charge in [-0.1, -0.05) is 12.1 Å². The fourth-order valence-electron chi connectivity index (χ4n) is 1.52. The highest BCUT2D eigenvalue weighted by Crippen LogP contribution is 2.29. The number of para-hydroxylation sites is 1. The monoisotopic (exact) mass is 340 g/mol. The number of carbonyl (C=O) groups is 1. The van der Waals surface area contributed by atoms with Crippen molar-refractivity contribution in [3.8, 4) is 0 Å². The number of nitrogens with one attached hydrogen (secondary N) is 1. The van der Waals surface area contributed by atoms with Gasteiger partial charge in [0.2, 0.25) is 0 Å². The number of rotatable bonds is 4. The van der Waals surface area contributed by atoms with Crippen LogP contribution >= 0.6 is 27.3 Å². The van der Waals surface area contributed by atoms with E-state index in [2.05, 4.69) is 26.2 Å². The van der Waals surface area contributed by atoms with Gasteiger partial charge in [0.15, 0.2) is 10.8 Å². The van der Waals surface area contributed by atoms with E-state index in [1.54, 1.807) is 6.92 Å². The standard InChI is InChI=1S/C13H13BrN2O2S/c1-3-18-12(17)11-8(2)19-13(16-11)15-10-7-5-4-6-9(10)14/h4-7H,3H2,1-2H3,(H,15,16). The second-order valence-corrected chi connectivity index (χ2v) is 5.81. The quantitative estimate of drug-likeness (QED) is 0.850. The molecule has 0 saturated heterocycles. The molecule has 0 atom stereocenters. The molecule has 0 spiro atoms. The Balaban J connectivity index is 2.21. The first kappa shape index (κ1) is 14.0.